The zero-order valence-corrected chi connectivity index (χ0v) is 10.3. The summed E-state index contributed by atoms with van der Waals surface area (Å²) in [5.74, 6) is 1.61. The maximum atomic E-state index is 9.43. The van der Waals surface area contributed by atoms with E-state index in [0.717, 1.165) is 17.1 Å². The number of likely N-dealkylation sites (N-methyl/N-ethyl adjacent to an activating group) is 1. The summed E-state index contributed by atoms with van der Waals surface area (Å²) in [4.78, 5) is 0. The van der Waals surface area contributed by atoms with E-state index in [-0.39, 0.29) is 6.04 Å². The van der Waals surface area contributed by atoms with E-state index < -0.39 is 6.10 Å². The van der Waals surface area contributed by atoms with Gasteiger partial charge in [-0.05, 0) is 25.6 Å². The summed E-state index contributed by atoms with van der Waals surface area (Å²) in [6.07, 6.45) is 0.290. The Kier molecular flexibility index (Phi) is 3.86. The molecule has 1 aromatic rings. The summed E-state index contributed by atoms with van der Waals surface area (Å²) < 4.78 is 11.1. The number of fused-ring (bicyclic) bond motifs is 1. The number of nitrogens with one attached hydrogen (secondary N) is 1. The number of benzene rings is 1. The molecule has 2 unspecified atom stereocenters. The summed E-state index contributed by atoms with van der Waals surface area (Å²) in [6.45, 7) is 2.91. The Morgan fingerprint density at radius 1 is 1.59 bits per heavy atom. The first-order valence-corrected chi connectivity index (χ1v) is 5.99. The van der Waals surface area contributed by atoms with Crippen molar-refractivity contribution in [3.05, 3.63) is 23.8 Å². The number of hydrogen-bond donors (Lipinski definition) is 2. The van der Waals surface area contributed by atoms with Crippen LogP contribution in [-0.2, 0) is 0 Å². The van der Waals surface area contributed by atoms with Crippen LogP contribution in [0.25, 0.3) is 0 Å². The topological polar surface area (TPSA) is 50.7 Å². The molecule has 94 valence electrons. The van der Waals surface area contributed by atoms with Gasteiger partial charge in [0.15, 0.2) is 0 Å². The van der Waals surface area contributed by atoms with Crippen molar-refractivity contribution < 1.29 is 14.6 Å². The molecule has 1 heterocycles. The fourth-order valence-corrected chi connectivity index (χ4v) is 1.83. The molecule has 4 nitrogen and oxygen atoms in total. The van der Waals surface area contributed by atoms with Crippen LogP contribution in [-0.4, -0.2) is 31.5 Å². The Morgan fingerprint density at radius 3 is 3.12 bits per heavy atom. The number of rotatable bonds is 5. The molecule has 2 N–H and O–H groups in total. The van der Waals surface area contributed by atoms with Crippen molar-refractivity contribution in [3.8, 4) is 11.5 Å². The minimum atomic E-state index is -0.408. The molecule has 0 saturated carbocycles. The minimum absolute atomic E-state index is 0.264. The second-order valence-corrected chi connectivity index (χ2v) is 4.22. The van der Waals surface area contributed by atoms with Gasteiger partial charge in [-0.25, -0.2) is 0 Å². The maximum absolute atomic E-state index is 9.43. The van der Waals surface area contributed by atoms with E-state index in [0.29, 0.717) is 19.6 Å². The number of aliphatic hydroxyl groups excluding tert-OH is 1. The van der Waals surface area contributed by atoms with Gasteiger partial charge < -0.3 is 19.9 Å². The van der Waals surface area contributed by atoms with Crippen LogP contribution in [0.4, 0.5) is 0 Å². The average Bonchev–Trinajstić information content (AvgIpc) is 2.78. The third-order valence-electron chi connectivity index (χ3n) is 3.03. The standard InChI is InChI=1S/C13H19NO3/c1-3-9(15)7-16-10-4-5-11-12(14-2)8-17-13(11)6-10/h4-6,9,12,14-15H,3,7-8H2,1-2H3. The second-order valence-electron chi connectivity index (χ2n) is 4.22. The van der Waals surface area contributed by atoms with Gasteiger partial charge in [-0.3, -0.25) is 0 Å². The molecule has 1 aromatic carbocycles. The molecule has 2 atom stereocenters. The van der Waals surface area contributed by atoms with Crippen molar-refractivity contribution in [1.29, 1.82) is 0 Å². The first kappa shape index (κ1) is 12.2. The van der Waals surface area contributed by atoms with Gasteiger partial charge in [0.2, 0.25) is 0 Å². The first-order valence-electron chi connectivity index (χ1n) is 5.99. The molecule has 1 aliphatic heterocycles. The number of ether oxygens (including phenoxy) is 2. The van der Waals surface area contributed by atoms with E-state index in [2.05, 4.69) is 5.32 Å². The van der Waals surface area contributed by atoms with Crippen molar-refractivity contribution in [2.75, 3.05) is 20.3 Å². The van der Waals surface area contributed by atoms with Crippen molar-refractivity contribution in [2.24, 2.45) is 0 Å². The summed E-state index contributed by atoms with van der Waals surface area (Å²) in [6, 6.07) is 6.08. The molecule has 17 heavy (non-hydrogen) atoms. The summed E-state index contributed by atoms with van der Waals surface area (Å²) >= 11 is 0. The molecule has 4 heteroatoms. The van der Waals surface area contributed by atoms with Gasteiger partial charge in [-0.2, -0.15) is 0 Å². The molecule has 0 aliphatic carbocycles. The van der Waals surface area contributed by atoms with Crippen LogP contribution in [0.3, 0.4) is 0 Å². The van der Waals surface area contributed by atoms with Crippen LogP contribution in [0.15, 0.2) is 18.2 Å². The quantitative estimate of drug-likeness (QED) is 0.814. The highest BCUT2D eigenvalue weighted by atomic mass is 16.5. The zero-order valence-electron chi connectivity index (χ0n) is 10.3. The fourth-order valence-electron chi connectivity index (χ4n) is 1.83. The minimum Gasteiger partial charge on any atom is -0.491 e. The highest BCUT2D eigenvalue weighted by molar-refractivity contribution is 5.44. The molecular formula is C13H19NO3. The summed E-state index contributed by atoms with van der Waals surface area (Å²) in [5.41, 5.74) is 1.16. The molecule has 1 aliphatic rings. The van der Waals surface area contributed by atoms with Crippen LogP contribution in [0.5, 0.6) is 11.5 Å². The second kappa shape index (κ2) is 5.38. The highest BCUT2D eigenvalue weighted by Crippen LogP contribution is 2.34. The van der Waals surface area contributed by atoms with Crippen molar-refractivity contribution in [2.45, 2.75) is 25.5 Å². The highest BCUT2D eigenvalue weighted by Gasteiger charge is 2.22. The molecule has 0 aromatic heterocycles. The van der Waals surface area contributed by atoms with E-state index >= 15 is 0 Å². The van der Waals surface area contributed by atoms with E-state index in [4.69, 9.17) is 9.47 Å². The number of aliphatic hydroxyl groups is 1. The van der Waals surface area contributed by atoms with E-state index in [1.165, 1.54) is 0 Å². The lowest BCUT2D eigenvalue weighted by molar-refractivity contribution is 0.104. The van der Waals surface area contributed by atoms with E-state index in [9.17, 15) is 5.11 Å². The monoisotopic (exact) mass is 237 g/mol. The van der Waals surface area contributed by atoms with Crippen LogP contribution in [0, 0.1) is 0 Å². The lowest BCUT2D eigenvalue weighted by Gasteiger charge is -2.11. The molecule has 0 amide bonds. The van der Waals surface area contributed by atoms with Gasteiger partial charge in [0.05, 0.1) is 12.1 Å². The Labute approximate surface area is 102 Å². The van der Waals surface area contributed by atoms with Gasteiger partial charge in [-0.15, -0.1) is 0 Å². The molecule has 0 bridgehead atoms. The Morgan fingerprint density at radius 2 is 2.41 bits per heavy atom. The van der Waals surface area contributed by atoms with Gasteiger partial charge in [0.1, 0.15) is 24.7 Å². The largest absolute Gasteiger partial charge is 0.491 e. The van der Waals surface area contributed by atoms with Crippen LogP contribution in [0.1, 0.15) is 24.9 Å². The van der Waals surface area contributed by atoms with Crippen LogP contribution >= 0.6 is 0 Å². The maximum Gasteiger partial charge on any atom is 0.127 e. The molecule has 0 radical (unpaired) electrons. The van der Waals surface area contributed by atoms with E-state index in [1.54, 1.807) is 0 Å². The Balaban J connectivity index is 2.03. The van der Waals surface area contributed by atoms with Crippen molar-refractivity contribution >= 4 is 0 Å². The first-order chi connectivity index (χ1) is 8.24. The predicted octanol–water partition coefficient (Wildman–Crippen LogP) is 1.49. The van der Waals surface area contributed by atoms with Gasteiger partial charge >= 0.3 is 0 Å². The SMILES string of the molecule is CCC(O)COc1ccc2c(c1)OCC2NC. The number of hydrogen-bond acceptors (Lipinski definition) is 4. The third-order valence-corrected chi connectivity index (χ3v) is 3.03. The molecular weight excluding hydrogens is 218 g/mol. The van der Waals surface area contributed by atoms with Crippen LogP contribution < -0.4 is 14.8 Å². The van der Waals surface area contributed by atoms with Gasteiger partial charge in [-0.1, -0.05) is 6.92 Å². The third kappa shape index (κ3) is 2.70. The smallest absolute Gasteiger partial charge is 0.127 e. The zero-order chi connectivity index (χ0) is 12.3. The fraction of sp³-hybridized carbons (Fsp3) is 0.538. The Hall–Kier alpha value is -1.26. The molecule has 0 saturated heterocycles. The summed E-state index contributed by atoms with van der Waals surface area (Å²) in [7, 11) is 1.92. The molecule has 0 spiro atoms. The molecule has 2 rings (SSSR count). The summed E-state index contributed by atoms with van der Waals surface area (Å²) in [5, 5.41) is 12.6. The predicted molar refractivity (Wildman–Crippen MR) is 65.5 cm³/mol. The Bertz CT molecular complexity index is 381. The van der Waals surface area contributed by atoms with E-state index in [1.807, 2.05) is 32.2 Å². The molecule has 0 fully saturated rings. The normalized spacial score (nSPS) is 19.6. The van der Waals surface area contributed by atoms with Crippen molar-refractivity contribution in [3.63, 3.8) is 0 Å². The van der Waals surface area contributed by atoms with Crippen molar-refractivity contribution in [1.82, 2.24) is 5.32 Å². The average molecular weight is 237 g/mol. The van der Waals surface area contributed by atoms with Gasteiger partial charge in [0.25, 0.3) is 0 Å². The van der Waals surface area contributed by atoms with Gasteiger partial charge in [0, 0.05) is 11.6 Å². The lowest BCUT2D eigenvalue weighted by Crippen LogP contribution is -2.17. The lowest BCUT2D eigenvalue weighted by atomic mass is 10.1. The van der Waals surface area contributed by atoms with Crippen LogP contribution in [0.2, 0.25) is 0 Å².